The van der Waals surface area contributed by atoms with Gasteiger partial charge in [0.25, 0.3) is 0 Å². The molecule has 6 heteroatoms. The van der Waals surface area contributed by atoms with Crippen molar-refractivity contribution in [1.82, 2.24) is 14.8 Å². The van der Waals surface area contributed by atoms with Gasteiger partial charge < -0.3 is 4.74 Å². The number of carbonyl (C=O) groups is 1. The third-order valence-corrected chi connectivity index (χ3v) is 5.92. The molecule has 140 valence electrons. The number of para-hydroxylation sites is 2. The van der Waals surface area contributed by atoms with Crippen LogP contribution in [0.3, 0.4) is 0 Å². The van der Waals surface area contributed by atoms with Gasteiger partial charge >= 0.3 is 0 Å². The van der Waals surface area contributed by atoms with Crippen LogP contribution in [-0.2, 0) is 0 Å². The molecule has 0 aliphatic heterocycles. The van der Waals surface area contributed by atoms with Gasteiger partial charge in [-0.1, -0.05) is 23.9 Å². The monoisotopic (exact) mass is 381 g/mol. The third kappa shape index (κ3) is 3.76. The zero-order valence-electron chi connectivity index (χ0n) is 16.2. The number of Topliss-reactive ketones (excluding diaryl/α,β-unsaturated/α-hetero) is 1. The summed E-state index contributed by atoms with van der Waals surface area (Å²) < 4.78 is 7.26. The van der Waals surface area contributed by atoms with Gasteiger partial charge in [0.1, 0.15) is 12.1 Å². The van der Waals surface area contributed by atoms with Crippen LogP contribution in [0.2, 0.25) is 0 Å². The molecule has 0 amide bonds. The molecule has 0 unspecified atom stereocenters. The summed E-state index contributed by atoms with van der Waals surface area (Å²) in [7, 11) is 1.63. The van der Waals surface area contributed by atoms with Gasteiger partial charge in [-0.15, -0.1) is 10.2 Å². The fraction of sp³-hybridized carbons (Fsp3) is 0.286. The van der Waals surface area contributed by atoms with E-state index >= 15 is 0 Å². The number of rotatable bonds is 6. The molecule has 0 bridgehead atoms. The maximum atomic E-state index is 12.8. The number of nitrogens with zero attached hydrogens (tertiary/aromatic N) is 3. The SMILES string of the molecule is COc1ccccc1-n1cnnc1SCC(=O)c1cc(C)c(C)c(C)c1C. The van der Waals surface area contributed by atoms with E-state index in [0.29, 0.717) is 10.9 Å². The predicted molar refractivity (Wildman–Crippen MR) is 108 cm³/mol. The first kappa shape index (κ1) is 19.2. The van der Waals surface area contributed by atoms with E-state index in [1.54, 1.807) is 13.4 Å². The zero-order chi connectivity index (χ0) is 19.6. The highest BCUT2D eigenvalue weighted by Gasteiger charge is 2.17. The van der Waals surface area contributed by atoms with E-state index < -0.39 is 0 Å². The summed E-state index contributed by atoms with van der Waals surface area (Å²) in [6, 6.07) is 9.65. The number of aromatic nitrogens is 3. The predicted octanol–water partition coefficient (Wildman–Crippen LogP) is 4.48. The second-order valence-corrected chi connectivity index (χ2v) is 7.43. The fourth-order valence-electron chi connectivity index (χ4n) is 3.03. The second kappa shape index (κ2) is 7.96. The lowest BCUT2D eigenvalue weighted by Gasteiger charge is -2.14. The van der Waals surface area contributed by atoms with Gasteiger partial charge in [0, 0.05) is 5.56 Å². The fourth-order valence-corrected chi connectivity index (χ4v) is 3.83. The van der Waals surface area contributed by atoms with E-state index in [0.717, 1.165) is 28.1 Å². The first-order chi connectivity index (χ1) is 12.9. The van der Waals surface area contributed by atoms with Crippen molar-refractivity contribution in [2.24, 2.45) is 0 Å². The quantitative estimate of drug-likeness (QED) is 0.465. The minimum atomic E-state index is 0.0956. The molecule has 0 aliphatic carbocycles. The lowest BCUT2D eigenvalue weighted by molar-refractivity contribution is 0.102. The second-order valence-electron chi connectivity index (χ2n) is 6.48. The maximum absolute atomic E-state index is 12.8. The topological polar surface area (TPSA) is 57.0 Å². The third-order valence-electron chi connectivity index (χ3n) is 4.98. The molecule has 0 radical (unpaired) electrons. The van der Waals surface area contributed by atoms with Crippen molar-refractivity contribution in [2.75, 3.05) is 12.9 Å². The molecule has 3 aromatic rings. The molecule has 0 saturated heterocycles. The normalized spacial score (nSPS) is 10.9. The van der Waals surface area contributed by atoms with E-state index in [9.17, 15) is 4.79 Å². The maximum Gasteiger partial charge on any atom is 0.196 e. The Kier molecular flexibility index (Phi) is 5.65. The molecule has 0 N–H and O–H groups in total. The summed E-state index contributed by atoms with van der Waals surface area (Å²) in [5.74, 6) is 1.13. The smallest absolute Gasteiger partial charge is 0.196 e. The molecule has 2 aromatic carbocycles. The van der Waals surface area contributed by atoms with E-state index in [2.05, 4.69) is 24.0 Å². The van der Waals surface area contributed by atoms with E-state index in [1.807, 2.05) is 48.7 Å². The molecule has 0 saturated carbocycles. The Morgan fingerprint density at radius 1 is 1.11 bits per heavy atom. The molecule has 0 atom stereocenters. The number of benzene rings is 2. The number of ketones is 1. The minimum Gasteiger partial charge on any atom is -0.495 e. The first-order valence-electron chi connectivity index (χ1n) is 8.70. The molecule has 0 spiro atoms. The van der Waals surface area contributed by atoms with Gasteiger partial charge in [0.05, 0.1) is 18.6 Å². The number of carbonyl (C=O) groups excluding carboxylic acids is 1. The lowest BCUT2D eigenvalue weighted by atomic mass is 9.93. The molecule has 27 heavy (non-hydrogen) atoms. The Morgan fingerprint density at radius 2 is 1.85 bits per heavy atom. The van der Waals surface area contributed by atoms with Crippen LogP contribution in [0.15, 0.2) is 41.8 Å². The van der Waals surface area contributed by atoms with Gasteiger partial charge in [0.2, 0.25) is 0 Å². The highest BCUT2D eigenvalue weighted by atomic mass is 32.2. The largest absolute Gasteiger partial charge is 0.495 e. The van der Waals surface area contributed by atoms with Crippen molar-refractivity contribution in [3.63, 3.8) is 0 Å². The number of thioether (sulfide) groups is 1. The van der Waals surface area contributed by atoms with Crippen molar-refractivity contribution in [3.8, 4) is 11.4 Å². The Morgan fingerprint density at radius 3 is 2.59 bits per heavy atom. The molecule has 1 aromatic heterocycles. The summed E-state index contributed by atoms with van der Waals surface area (Å²) in [6.07, 6.45) is 1.64. The van der Waals surface area contributed by atoms with Crippen molar-refractivity contribution < 1.29 is 9.53 Å². The summed E-state index contributed by atoms with van der Waals surface area (Å²) in [6.45, 7) is 8.22. The van der Waals surface area contributed by atoms with Crippen LogP contribution in [0.4, 0.5) is 0 Å². The molecule has 0 aliphatic rings. The number of methoxy groups -OCH3 is 1. The van der Waals surface area contributed by atoms with Gasteiger partial charge in [-0.2, -0.15) is 0 Å². The summed E-state index contributed by atoms with van der Waals surface area (Å²) in [5, 5.41) is 8.84. The molecular formula is C21H23N3O2S. The van der Waals surface area contributed by atoms with Crippen LogP contribution in [0.5, 0.6) is 5.75 Å². The number of ether oxygens (including phenoxy) is 1. The molecule has 1 heterocycles. The average Bonchev–Trinajstić information content (AvgIpc) is 3.15. The summed E-state index contributed by atoms with van der Waals surface area (Å²) in [4.78, 5) is 12.8. The number of aryl methyl sites for hydroxylation is 1. The van der Waals surface area contributed by atoms with Gasteiger partial charge in [-0.25, -0.2) is 0 Å². The highest BCUT2D eigenvalue weighted by Crippen LogP contribution is 2.28. The van der Waals surface area contributed by atoms with Crippen LogP contribution in [-0.4, -0.2) is 33.4 Å². The van der Waals surface area contributed by atoms with Crippen molar-refractivity contribution >= 4 is 17.5 Å². The standard InChI is InChI=1S/C21H23N3O2S/c1-13-10-17(16(4)15(3)14(13)2)19(25)11-27-21-23-22-12-24(21)18-8-6-7-9-20(18)26-5/h6-10,12H,11H2,1-5H3. The van der Waals surface area contributed by atoms with E-state index in [4.69, 9.17) is 4.74 Å². The van der Waals surface area contributed by atoms with Crippen molar-refractivity contribution in [1.29, 1.82) is 0 Å². The average molecular weight is 382 g/mol. The van der Waals surface area contributed by atoms with Crippen molar-refractivity contribution in [2.45, 2.75) is 32.9 Å². The van der Waals surface area contributed by atoms with Crippen molar-refractivity contribution in [3.05, 3.63) is 64.5 Å². The van der Waals surface area contributed by atoms with Crippen LogP contribution in [0.25, 0.3) is 5.69 Å². The van der Waals surface area contributed by atoms with Gasteiger partial charge in [-0.3, -0.25) is 9.36 Å². The lowest BCUT2D eigenvalue weighted by Crippen LogP contribution is -2.09. The summed E-state index contributed by atoms with van der Waals surface area (Å²) in [5.41, 5.74) is 6.25. The molecule has 5 nitrogen and oxygen atoms in total. The minimum absolute atomic E-state index is 0.0956. The van der Waals surface area contributed by atoms with E-state index in [1.165, 1.54) is 22.9 Å². The zero-order valence-corrected chi connectivity index (χ0v) is 17.1. The Hall–Kier alpha value is -2.60. The molecule has 0 fully saturated rings. The number of hydrogen-bond acceptors (Lipinski definition) is 5. The highest BCUT2D eigenvalue weighted by molar-refractivity contribution is 7.99. The van der Waals surface area contributed by atoms with Crippen LogP contribution < -0.4 is 4.74 Å². The Bertz CT molecular complexity index is 995. The number of hydrogen-bond donors (Lipinski definition) is 0. The first-order valence-corrected chi connectivity index (χ1v) is 9.69. The van der Waals surface area contributed by atoms with Crippen LogP contribution >= 0.6 is 11.8 Å². The molecular weight excluding hydrogens is 358 g/mol. The summed E-state index contributed by atoms with van der Waals surface area (Å²) >= 11 is 1.38. The molecule has 3 rings (SSSR count). The Labute approximate surface area is 163 Å². The van der Waals surface area contributed by atoms with Gasteiger partial charge in [-0.05, 0) is 68.1 Å². The van der Waals surface area contributed by atoms with Crippen LogP contribution in [0, 0.1) is 27.7 Å². The van der Waals surface area contributed by atoms with Gasteiger partial charge in [0.15, 0.2) is 10.9 Å². The van der Waals surface area contributed by atoms with Crippen LogP contribution in [0.1, 0.15) is 32.6 Å². The Balaban J connectivity index is 1.83. The van der Waals surface area contributed by atoms with E-state index in [-0.39, 0.29) is 5.78 Å².